The second-order valence-corrected chi connectivity index (χ2v) is 4.37. The Hall–Kier alpha value is -1.03. The molecule has 0 bridgehead atoms. The fourth-order valence-corrected chi connectivity index (χ4v) is 1.87. The molecule has 0 aromatic carbocycles. The topological polar surface area (TPSA) is 39.1 Å². The minimum atomic E-state index is 0.437. The average molecular weight is 209 g/mol. The van der Waals surface area contributed by atoms with Gasteiger partial charge in [0.25, 0.3) is 0 Å². The quantitative estimate of drug-likeness (QED) is 0.799. The maximum atomic E-state index is 5.82. The molecule has 0 spiro atoms. The molecule has 0 amide bonds. The van der Waals surface area contributed by atoms with Crippen molar-refractivity contribution in [3.63, 3.8) is 0 Å². The van der Waals surface area contributed by atoms with Crippen LogP contribution in [0, 0.1) is 0 Å². The summed E-state index contributed by atoms with van der Waals surface area (Å²) in [6.45, 7) is 6.01. The fourth-order valence-electron chi connectivity index (χ4n) is 1.87. The Morgan fingerprint density at radius 2 is 2.40 bits per heavy atom. The van der Waals surface area contributed by atoms with Crippen LogP contribution in [0.4, 0.5) is 0 Å². The van der Waals surface area contributed by atoms with E-state index in [-0.39, 0.29) is 0 Å². The fraction of sp³-hybridized carbons (Fsp3) is 0.727. The third-order valence-corrected chi connectivity index (χ3v) is 2.96. The number of likely N-dealkylation sites (N-methyl/N-ethyl adjacent to an activating group) is 1. The van der Waals surface area contributed by atoms with E-state index in [9.17, 15) is 0 Å². The van der Waals surface area contributed by atoms with Crippen LogP contribution in [0.3, 0.4) is 0 Å². The van der Waals surface area contributed by atoms with Gasteiger partial charge < -0.3 is 10.1 Å². The lowest BCUT2D eigenvalue weighted by Gasteiger charge is -2.12. The molecule has 84 valence electrons. The third-order valence-electron chi connectivity index (χ3n) is 2.96. The number of hydrogen-bond donors (Lipinski definition) is 1. The molecule has 0 fully saturated rings. The summed E-state index contributed by atoms with van der Waals surface area (Å²) in [4.78, 5) is 0. The van der Waals surface area contributed by atoms with Crippen LogP contribution in [-0.2, 0) is 6.54 Å². The van der Waals surface area contributed by atoms with Gasteiger partial charge in [-0.2, -0.15) is 5.10 Å². The molecule has 0 radical (unpaired) electrons. The van der Waals surface area contributed by atoms with E-state index in [1.165, 1.54) is 5.56 Å². The van der Waals surface area contributed by atoms with E-state index in [1.807, 2.05) is 17.9 Å². The SMILES string of the molecule is CN[C@@H]1CCn2ncc(C(C)C)c2OC1. The number of nitrogens with one attached hydrogen (secondary N) is 1. The summed E-state index contributed by atoms with van der Waals surface area (Å²) in [6, 6.07) is 0.437. The lowest BCUT2D eigenvalue weighted by Crippen LogP contribution is -2.31. The average Bonchev–Trinajstić information content (AvgIpc) is 2.52. The van der Waals surface area contributed by atoms with Gasteiger partial charge in [-0.15, -0.1) is 0 Å². The Morgan fingerprint density at radius 3 is 3.07 bits per heavy atom. The summed E-state index contributed by atoms with van der Waals surface area (Å²) in [6.07, 6.45) is 3.00. The zero-order chi connectivity index (χ0) is 10.8. The molecule has 15 heavy (non-hydrogen) atoms. The number of hydrogen-bond acceptors (Lipinski definition) is 3. The highest BCUT2D eigenvalue weighted by Crippen LogP contribution is 2.28. The molecular formula is C11H19N3O. The predicted molar refractivity (Wildman–Crippen MR) is 59.3 cm³/mol. The standard InChI is InChI=1S/C11H19N3O/c1-8(2)10-6-13-14-5-4-9(12-3)7-15-11(10)14/h6,8-9,12H,4-5,7H2,1-3H3/t9-/m1/s1. The summed E-state index contributed by atoms with van der Waals surface area (Å²) < 4.78 is 7.80. The number of nitrogens with zero attached hydrogens (tertiary/aromatic N) is 2. The molecule has 4 heteroatoms. The normalized spacial score (nSPS) is 20.9. The number of ether oxygens (including phenoxy) is 1. The van der Waals surface area contributed by atoms with E-state index >= 15 is 0 Å². The van der Waals surface area contributed by atoms with Gasteiger partial charge in [-0.05, 0) is 19.4 Å². The van der Waals surface area contributed by atoms with E-state index in [2.05, 4.69) is 24.3 Å². The number of aromatic nitrogens is 2. The molecule has 1 aliphatic heterocycles. The summed E-state index contributed by atoms with van der Waals surface area (Å²) in [5.74, 6) is 1.43. The number of rotatable bonds is 2. The summed E-state index contributed by atoms with van der Waals surface area (Å²) in [5, 5.41) is 7.62. The molecule has 0 saturated carbocycles. The maximum absolute atomic E-state index is 5.82. The van der Waals surface area contributed by atoms with E-state index in [0.29, 0.717) is 12.0 Å². The minimum absolute atomic E-state index is 0.437. The van der Waals surface area contributed by atoms with Gasteiger partial charge in [0.1, 0.15) is 6.61 Å². The molecule has 1 aromatic rings. The first-order chi connectivity index (χ1) is 7.22. The van der Waals surface area contributed by atoms with Gasteiger partial charge in [0.15, 0.2) is 0 Å². The van der Waals surface area contributed by atoms with E-state index in [0.717, 1.165) is 25.5 Å². The van der Waals surface area contributed by atoms with Crippen LogP contribution in [-0.4, -0.2) is 29.5 Å². The van der Waals surface area contributed by atoms with Crippen LogP contribution >= 0.6 is 0 Å². The Kier molecular flexibility index (Phi) is 2.95. The maximum Gasteiger partial charge on any atom is 0.215 e. The Morgan fingerprint density at radius 1 is 1.60 bits per heavy atom. The van der Waals surface area contributed by atoms with Gasteiger partial charge in [-0.1, -0.05) is 13.8 Å². The van der Waals surface area contributed by atoms with Crippen molar-refractivity contribution >= 4 is 0 Å². The van der Waals surface area contributed by atoms with Crippen LogP contribution < -0.4 is 10.1 Å². The Labute approximate surface area is 90.6 Å². The zero-order valence-corrected chi connectivity index (χ0v) is 9.66. The van der Waals surface area contributed by atoms with Gasteiger partial charge in [0.2, 0.25) is 5.88 Å². The molecule has 1 aromatic heterocycles. The lowest BCUT2D eigenvalue weighted by atomic mass is 10.1. The van der Waals surface area contributed by atoms with Gasteiger partial charge in [-0.3, -0.25) is 0 Å². The van der Waals surface area contributed by atoms with Gasteiger partial charge in [-0.25, -0.2) is 4.68 Å². The lowest BCUT2D eigenvalue weighted by molar-refractivity contribution is 0.266. The molecule has 0 unspecified atom stereocenters. The molecule has 0 saturated heterocycles. The van der Waals surface area contributed by atoms with Crippen molar-refractivity contribution in [2.75, 3.05) is 13.7 Å². The molecule has 2 rings (SSSR count). The zero-order valence-electron chi connectivity index (χ0n) is 9.66. The Balaban J connectivity index is 2.21. The van der Waals surface area contributed by atoms with Crippen molar-refractivity contribution in [3.8, 4) is 5.88 Å². The predicted octanol–water partition coefficient (Wildman–Crippen LogP) is 1.38. The number of aryl methyl sites for hydroxylation is 1. The molecule has 2 heterocycles. The van der Waals surface area contributed by atoms with Crippen LogP contribution in [0.5, 0.6) is 5.88 Å². The molecule has 4 nitrogen and oxygen atoms in total. The van der Waals surface area contributed by atoms with Crippen molar-refractivity contribution in [1.29, 1.82) is 0 Å². The molecule has 1 N–H and O–H groups in total. The van der Waals surface area contributed by atoms with Gasteiger partial charge in [0, 0.05) is 18.2 Å². The van der Waals surface area contributed by atoms with Crippen molar-refractivity contribution in [3.05, 3.63) is 11.8 Å². The second-order valence-electron chi connectivity index (χ2n) is 4.37. The van der Waals surface area contributed by atoms with Crippen LogP contribution in [0.25, 0.3) is 0 Å². The number of fused-ring (bicyclic) bond motifs is 1. The van der Waals surface area contributed by atoms with Crippen molar-refractivity contribution in [2.45, 2.75) is 38.8 Å². The monoisotopic (exact) mass is 209 g/mol. The first kappa shape index (κ1) is 10.5. The Bertz CT molecular complexity index is 333. The van der Waals surface area contributed by atoms with Crippen LogP contribution in [0.2, 0.25) is 0 Å². The van der Waals surface area contributed by atoms with Crippen LogP contribution in [0.15, 0.2) is 6.20 Å². The third kappa shape index (κ3) is 2.00. The highest BCUT2D eigenvalue weighted by atomic mass is 16.5. The summed E-state index contributed by atoms with van der Waals surface area (Å²) >= 11 is 0. The second kappa shape index (κ2) is 4.23. The molecular weight excluding hydrogens is 190 g/mol. The van der Waals surface area contributed by atoms with E-state index in [4.69, 9.17) is 4.74 Å². The van der Waals surface area contributed by atoms with Crippen molar-refractivity contribution < 1.29 is 4.74 Å². The van der Waals surface area contributed by atoms with Gasteiger partial charge in [0.05, 0.1) is 6.20 Å². The summed E-state index contributed by atoms with van der Waals surface area (Å²) in [7, 11) is 1.98. The minimum Gasteiger partial charge on any atom is -0.476 e. The van der Waals surface area contributed by atoms with Crippen LogP contribution in [0.1, 0.15) is 31.7 Å². The first-order valence-corrected chi connectivity index (χ1v) is 5.58. The first-order valence-electron chi connectivity index (χ1n) is 5.58. The smallest absolute Gasteiger partial charge is 0.215 e. The highest BCUT2D eigenvalue weighted by Gasteiger charge is 2.20. The van der Waals surface area contributed by atoms with E-state index in [1.54, 1.807) is 0 Å². The largest absolute Gasteiger partial charge is 0.476 e. The van der Waals surface area contributed by atoms with Gasteiger partial charge >= 0.3 is 0 Å². The molecule has 1 aliphatic rings. The van der Waals surface area contributed by atoms with E-state index < -0.39 is 0 Å². The van der Waals surface area contributed by atoms with Crippen molar-refractivity contribution in [2.24, 2.45) is 0 Å². The molecule has 0 aliphatic carbocycles. The molecule has 1 atom stereocenters. The highest BCUT2D eigenvalue weighted by molar-refractivity contribution is 5.27. The summed E-state index contributed by atoms with van der Waals surface area (Å²) in [5.41, 5.74) is 1.21. The van der Waals surface area contributed by atoms with Crippen molar-refractivity contribution in [1.82, 2.24) is 15.1 Å².